The Labute approximate surface area is 102 Å². The molecule has 1 unspecified atom stereocenters. The van der Waals surface area contributed by atoms with Crippen molar-refractivity contribution in [2.75, 3.05) is 13.2 Å². The molecule has 2 N–H and O–H groups in total. The highest BCUT2D eigenvalue weighted by Gasteiger charge is 2.14. The molecule has 0 heterocycles. The fourth-order valence-corrected chi connectivity index (χ4v) is 1.47. The minimum absolute atomic E-state index is 0.414. The summed E-state index contributed by atoms with van der Waals surface area (Å²) in [5.41, 5.74) is 1.21. The summed E-state index contributed by atoms with van der Waals surface area (Å²) in [6, 6.07) is 10.0. The first kappa shape index (κ1) is 13.7. The highest BCUT2D eigenvalue weighted by atomic mass is 16.5. The van der Waals surface area contributed by atoms with Crippen molar-refractivity contribution in [3.05, 3.63) is 35.9 Å². The smallest absolute Gasteiger partial charge is 0.332 e. The lowest BCUT2D eigenvalue weighted by Gasteiger charge is -2.11. The first-order valence-electron chi connectivity index (χ1n) is 5.83. The summed E-state index contributed by atoms with van der Waals surface area (Å²) in [5, 5.41) is 12.0. The molecule has 0 amide bonds. The molecule has 17 heavy (non-hydrogen) atoms. The average Bonchev–Trinajstić information content (AvgIpc) is 2.34. The fraction of sp³-hybridized carbons (Fsp3) is 0.462. The number of carboxylic acids is 1. The van der Waals surface area contributed by atoms with Gasteiger partial charge >= 0.3 is 5.97 Å². The van der Waals surface area contributed by atoms with Gasteiger partial charge in [-0.05, 0) is 12.0 Å². The molecule has 1 aromatic rings. The van der Waals surface area contributed by atoms with Crippen LogP contribution in [0.3, 0.4) is 0 Å². The van der Waals surface area contributed by atoms with Gasteiger partial charge in [-0.25, -0.2) is 4.79 Å². The van der Waals surface area contributed by atoms with Gasteiger partial charge in [-0.15, -0.1) is 0 Å². The van der Waals surface area contributed by atoms with E-state index in [1.165, 1.54) is 5.56 Å². The molecule has 0 fully saturated rings. The summed E-state index contributed by atoms with van der Waals surface area (Å²) in [4.78, 5) is 10.7. The van der Waals surface area contributed by atoms with Crippen LogP contribution in [-0.4, -0.2) is 30.3 Å². The topological polar surface area (TPSA) is 58.6 Å². The standard InChI is InChI=1S/C13H19NO3/c1-2-12(13(15)16)17-9-8-14-10-11-6-4-3-5-7-11/h3-7,12,14H,2,8-10H2,1H3,(H,15,16). The second-order valence-corrected chi connectivity index (χ2v) is 3.77. The SMILES string of the molecule is CCC(OCCNCc1ccccc1)C(=O)O. The molecule has 0 aliphatic heterocycles. The fourth-order valence-electron chi connectivity index (χ4n) is 1.47. The van der Waals surface area contributed by atoms with E-state index in [1.54, 1.807) is 6.92 Å². The van der Waals surface area contributed by atoms with E-state index < -0.39 is 12.1 Å². The number of carboxylic acid groups (broad SMARTS) is 1. The van der Waals surface area contributed by atoms with E-state index in [2.05, 4.69) is 5.32 Å². The zero-order chi connectivity index (χ0) is 12.5. The van der Waals surface area contributed by atoms with E-state index in [9.17, 15) is 4.79 Å². The van der Waals surface area contributed by atoms with E-state index in [4.69, 9.17) is 9.84 Å². The largest absolute Gasteiger partial charge is 0.479 e. The third kappa shape index (κ3) is 5.47. The number of aliphatic carboxylic acids is 1. The van der Waals surface area contributed by atoms with Crippen LogP contribution in [0.2, 0.25) is 0 Å². The van der Waals surface area contributed by atoms with Crippen LogP contribution in [0.15, 0.2) is 30.3 Å². The lowest BCUT2D eigenvalue weighted by Crippen LogP contribution is -2.27. The Bertz CT molecular complexity index is 327. The molecule has 1 aromatic carbocycles. The lowest BCUT2D eigenvalue weighted by molar-refractivity contribution is -0.150. The Morgan fingerprint density at radius 3 is 2.71 bits per heavy atom. The maximum absolute atomic E-state index is 10.7. The Morgan fingerprint density at radius 1 is 1.41 bits per heavy atom. The number of rotatable bonds is 8. The van der Waals surface area contributed by atoms with Gasteiger partial charge in [0.1, 0.15) is 0 Å². The van der Waals surface area contributed by atoms with Gasteiger partial charge in [0.05, 0.1) is 6.61 Å². The number of benzene rings is 1. The molecule has 0 bridgehead atoms. The van der Waals surface area contributed by atoms with Crippen molar-refractivity contribution >= 4 is 5.97 Å². The van der Waals surface area contributed by atoms with Gasteiger partial charge in [0.2, 0.25) is 0 Å². The summed E-state index contributed by atoms with van der Waals surface area (Å²) >= 11 is 0. The lowest BCUT2D eigenvalue weighted by atomic mass is 10.2. The molecular weight excluding hydrogens is 218 g/mol. The second-order valence-electron chi connectivity index (χ2n) is 3.77. The number of carbonyl (C=O) groups is 1. The molecule has 0 aromatic heterocycles. The molecule has 4 heteroatoms. The van der Waals surface area contributed by atoms with Crippen LogP contribution in [-0.2, 0) is 16.1 Å². The minimum atomic E-state index is -0.893. The van der Waals surface area contributed by atoms with Crippen LogP contribution in [0.25, 0.3) is 0 Å². The number of nitrogens with one attached hydrogen (secondary N) is 1. The first-order chi connectivity index (χ1) is 8.24. The number of hydrogen-bond donors (Lipinski definition) is 2. The van der Waals surface area contributed by atoms with Crippen molar-refractivity contribution in [2.45, 2.75) is 26.0 Å². The highest BCUT2D eigenvalue weighted by Crippen LogP contribution is 1.98. The monoisotopic (exact) mass is 237 g/mol. The van der Waals surface area contributed by atoms with Crippen molar-refractivity contribution in [2.24, 2.45) is 0 Å². The predicted molar refractivity (Wildman–Crippen MR) is 65.8 cm³/mol. The summed E-state index contributed by atoms with van der Waals surface area (Å²) in [5.74, 6) is -0.893. The third-order valence-electron chi connectivity index (χ3n) is 2.42. The van der Waals surface area contributed by atoms with Gasteiger partial charge < -0.3 is 15.2 Å². The Morgan fingerprint density at radius 2 is 2.12 bits per heavy atom. The van der Waals surface area contributed by atoms with Crippen molar-refractivity contribution in [1.29, 1.82) is 0 Å². The van der Waals surface area contributed by atoms with Gasteiger partial charge in [0, 0.05) is 13.1 Å². The molecule has 0 radical (unpaired) electrons. The van der Waals surface area contributed by atoms with Crippen LogP contribution in [0, 0.1) is 0 Å². The van der Waals surface area contributed by atoms with Gasteiger partial charge in [0.15, 0.2) is 6.10 Å². The van der Waals surface area contributed by atoms with Gasteiger partial charge in [-0.3, -0.25) is 0 Å². The van der Waals surface area contributed by atoms with E-state index in [0.29, 0.717) is 19.6 Å². The van der Waals surface area contributed by atoms with Crippen LogP contribution in [0.5, 0.6) is 0 Å². The molecule has 0 saturated carbocycles. The van der Waals surface area contributed by atoms with E-state index >= 15 is 0 Å². The van der Waals surface area contributed by atoms with Crippen molar-refractivity contribution in [1.82, 2.24) is 5.32 Å². The highest BCUT2D eigenvalue weighted by molar-refractivity contribution is 5.72. The first-order valence-corrected chi connectivity index (χ1v) is 5.83. The quantitative estimate of drug-likeness (QED) is 0.675. The van der Waals surface area contributed by atoms with E-state index in [1.807, 2.05) is 30.3 Å². The zero-order valence-electron chi connectivity index (χ0n) is 10.1. The second kappa shape index (κ2) is 7.81. The van der Waals surface area contributed by atoms with Crippen LogP contribution in [0.1, 0.15) is 18.9 Å². The van der Waals surface area contributed by atoms with Crippen LogP contribution < -0.4 is 5.32 Å². The average molecular weight is 237 g/mol. The molecule has 0 aliphatic rings. The number of ether oxygens (including phenoxy) is 1. The normalized spacial score (nSPS) is 12.3. The molecule has 1 rings (SSSR count). The van der Waals surface area contributed by atoms with Crippen molar-refractivity contribution < 1.29 is 14.6 Å². The third-order valence-corrected chi connectivity index (χ3v) is 2.42. The minimum Gasteiger partial charge on any atom is -0.479 e. The zero-order valence-corrected chi connectivity index (χ0v) is 10.1. The maximum atomic E-state index is 10.7. The maximum Gasteiger partial charge on any atom is 0.332 e. The molecule has 0 saturated heterocycles. The van der Waals surface area contributed by atoms with Gasteiger partial charge in [0.25, 0.3) is 0 Å². The summed E-state index contributed by atoms with van der Waals surface area (Å²) in [6.45, 7) is 3.64. The molecule has 1 atom stereocenters. The van der Waals surface area contributed by atoms with Crippen molar-refractivity contribution in [3.63, 3.8) is 0 Å². The van der Waals surface area contributed by atoms with Crippen LogP contribution >= 0.6 is 0 Å². The van der Waals surface area contributed by atoms with Crippen LogP contribution in [0.4, 0.5) is 0 Å². The Balaban J connectivity index is 2.10. The van der Waals surface area contributed by atoms with Gasteiger partial charge in [-0.2, -0.15) is 0 Å². The van der Waals surface area contributed by atoms with Crippen molar-refractivity contribution in [3.8, 4) is 0 Å². The molecular formula is C13H19NO3. The molecule has 94 valence electrons. The molecule has 4 nitrogen and oxygen atoms in total. The van der Waals surface area contributed by atoms with Gasteiger partial charge in [-0.1, -0.05) is 37.3 Å². The van der Waals surface area contributed by atoms with E-state index in [-0.39, 0.29) is 0 Å². The molecule has 0 spiro atoms. The summed E-state index contributed by atoms with van der Waals surface area (Å²) in [7, 11) is 0. The predicted octanol–water partition coefficient (Wildman–Crippen LogP) is 1.66. The summed E-state index contributed by atoms with van der Waals surface area (Å²) < 4.78 is 5.23. The Kier molecular flexibility index (Phi) is 6.29. The Hall–Kier alpha value is -1.39. The molecule has 0 aliphatic carbocycles. The van der Waals surface area contributed by atoms with E-state index in [0.717, 1.165) is 6.54 Å². The summed E-state index contributed by atoms with van der Waals surface area (Å²) in [6.07, 6.45) is -0.192. The number of hydrogen-bond acceptors (Lipinski definition) is 3.